The van der Waals surface area contributed by atoms with Gasteiger partial charge in [0.2, 0.25) is 0 Å². The summed E-state index contributed by atoms with van der Waals surface area (Å²) in [5.74, 6) is 1.20. The molecule has 0 aromatic heterocycles. The molecule has 0 atom stereocenters. The van der Waals surface area contributed by atoms with Gasteiger partial charge in [0, 0.05) is 9.37 Å². The van der Waals surface area contributed by atoms with E-state index in [1.165, 1.54) is 29.1 Å². The zero-order chi connectivity index (χ0) is 11.1. The molecule has 2 N–H and O–H groups in total. The minimum absolute atomic E-state index is 0.720. The molecule has 0 fully saturated rings. The van der Waals surface area contributed by atoms with Gasteiger partial charge in [-0.1, -0.05) is 29.3 Å². The van der Waals surface area contributed by atoms with Crippen molar-refractivity contribution in [3.05, 3.63) is 28.2 Å². The van der Waals surface area contributed by atoms with Crippen molar-refractivity contribution in [2.24, 2.45) is 5.73 Å². The molecule has 1 aromatic rings. The van der Waals surface area contributed by atoms with Crippen LogP contribution in [0.3, 0.4) is 0 Å². The van der Waals surface area contributed by atoms with E-state index in [1.807, 2.05) is 11.8 Å². The SMILES string of the molecule is CCCCSc1ccc(Br)cc1CCN. The van der Waals surface area contributed by atoms with Crippen molar-refractivity contribution in [1.29, 1.82) is 0 Å². The minimum Gasteiger partial charge on any atom is -0.330 e. The van der Waals surface area contributed by atoms with Gasteiger partial charge >= 0.3 is 0 Å². The van der Waals surface area contributed by atoms with Crippen LogP contribution in [0.15, 0.2) is 27.6 Å². The molecule has 0 aliphatic heterocycles. The van der Waals surface area contributed by atoms with Gasteiger partial charge in [0.1, 0.15) is 0 Å². The standard InChI is InChI=1S/C12H18BrNS/c1-2-3-8-15-12-5-4-11(13)9-10(12)6-7-14/h4-5,9H,2-3,6-8,14H2,1H3. The van der Waals surface area contributed by atoms with Crippen molar-refractivity contribution in [1.82, 2.24) is 0 Å². The molecule has 3 heteroatoms. The molecule has 84 valence electrons. The van der Waals surface area contributed by atoms with Gasteiger partial charge in [-0.05, 0) is 48.9 Å². The monoisotopic (exact) mass is 287 g/mol. The highest BCUT2D eigenvalue weighted by atomic mass is 79.9. The zero-order valence-corrected chi connectivity index (χ0v) is 11.5. The summed E-state index contributed by atoms with van der Waals surface area (Å²) < 4.78 is 1.14. The Morgan fingerprint density at radius 3 is 2.87 bits per heavy atom. The van der Waals surface area contributed by atoms with Crippen molar-refractivity contribution >= 4 is 27.7 Å². The summed E-state index contributed by atoms with van der Waals surface area (Å²) in [6.07, 6.45) is 3.51. The number of rotatable bonds is 6. The van der Waals surface area contributed by atoms with Crippen molar-refractivity contribution in [2.45, 2.75) is 31.1 Å². The van der Waals surface area contributed by atoms with E-state index in [-0.39, 0.29) is 0 Å². The number of benzene rings is 1. The third kappa shape index (κ3) is 4.58. The zero-order valence-electron chi connectivity index (χ0n) is 9.13. The average Bonchev–Trinajstić information content (AvgIpc) is 2.22. The molecule has 0 saturated carbocycles. The second kappa shape index (κ2) is 7.31. The van der Waals surface area contributed by atoms with Crippen molar-refractivity contribution < 1.29 is 0 Å². The van der Waals surface area contributed by atoms with Gasteiger partial charge in [-0.25, -0.2) is 0 Å². The molecular formula is C12H18BrNS. The fourth-order valence-corrected chi connectivity index (χ4v) is 2.94. The average molecular weight is 288 g/mol. The lowest BCUT2D eigenvalue weighted by Crippen LogP contribution is -2.03. The number of halogens is 1. The smallest absolute Gasteiger partial charge is 0.0178 e. The maximum atomic E-state index is 5.61. The predicted molar refractivity (Wildman–Crippen MR) is 72.5 cm³/mol. The van der Waals surface area contributed by atoms with E-state index in [2.05, 4.69) is 41.1 Å². The molecule has 0 aliphatic rings. The first-order valence-corrected chi connectivity index (χ1v) is 7.17. The quantitative estimate of drug-likeness (QED) is 0.635. The van der Waals surface area contributed by atoms with Crippen LogP contribution in [-0.4, -0.2) is 12.3 Å². The largest absolute Gasteiger partial charge is 0.330 e. The van der Waals surface area contributed by atoms with Crippen molar-refractivity contribution in [3.8, 4) is 0 Å². The van der Waals surface area contributed by atoms with Gasteiger partial charge in [-0.3, -0.25) is 0 Å². The Morgan fingerprint density at radius 2 is 2.20 bits per heavy atom. The Hall–Kier alpha value is 0.01000. The molecule has 0 spiro atoms. The first kappa shape index (κ1) is 13.1. The number of thioether (sulfide) groups is 1. The lowest BCUT2D eigenvalue weighted by atomic mass is 10.1. The van der Waals surface area contributed by atoms with Gasteiger partial charge in [-0.15, -0.1) is 11.8 Å². The summed E-state index contributed by atoms with van der Waals surface area (Å²) in [5.41, 5.74) is 6.98. The third-order valence-corrected chi connectivity index (χ3v) is 3.89. The Labute approximate surface area is 105 Å². The molecule has 0 aliphatic carbocycles. The van der Waals surface area contributed by atoms with E-state index in [0.717, 1.165) is 17.4 Å². The van der Waals surface area contributed by atoms with Crippen LogP contribution in [0, 0.1) is 0 Å². The van der Waals surface area contributed by atoms with E-state index < -0.39 is 0 Å². The molecule has 0 bridgehead atoms. The van der Waals surface area contributed by atoms with Crippen LogP contribution in [0.2, 0.25) is 0 Å². The highest BCUT2D eigenvalue weighted by Gasteiger charge is 2.03. The molecule has 1 nitrogen and oxygen atoms in total. The normalized spacial score (nSPS) is 10.6. The van der Waals surface area contributed by atoms with E-state index in [1.54, 1.807) is 0 Å². The Morgan fingerprint density at radius 1 is 1.40 bits per heavy atom. The van der Waals surface area contributed by atoms with Crippen LogP contribution >= 0.6 is 27.7 Å². The summed E-state index contributed by atoms with van der Waals surface area (Å²) in [5, 5.41) is 0. The lowest BCUT2D eigenvalue weighted by molar-refractivity contribution is 0.894. The Bertz CT molecular complexity index is 302. The maximum absolute atomic E-state index is 5.61. The summed E-state index contributed by atoms with van der Waals surface area (Å²) in [7, 11) is 0. The third-order valence-electron chi connectivity index (χ3n) is 2.19. The molecule has 0 radical (unpaired) electrons. The summed E-state index contributed by atoms with van der Waals surface area (Å²) in [4.78, 5) is 1.39. The van der Waals surface area contributed by atoms with E-state index >= 15 is 0 Å². The minimum atomic E-state index is 0.720. The van der Waals surface area contributed by atoms with Crippen molar-refractivity contribution in [2.75, 3.05) is 12.3 Å². The van der Waals surface area contributed by atoms with E-state index in [0.29, 0.717) is 0 Å². The van der Waals surface area contributed by atoms with Crippen LogP contribution in [0.5, 0.6) is 0 Å². The summed E-state index contributed by atoms with van der Waals surface area (Å²) >= 11 is 5.44. The highest BCUT2D eigenvalue weighted by molar-refractivity contribution is 9.10. The summed E-state index contributed by atoms with van der Waals surface area (Å²) in [6, 6.07) is 6.48. The van der Waals surface area contributed by atoms with Gasteiger partial charge in [0.15, 0.2) is 0 Å². The molecule has 15 heavy (non-hydrogen) atoms. The van der Waals surface area contributed by atoms with Crippen LogP contribution in [-0.2, 0) is 6.42 Å². The Kier molecular flexibility index (Phi) is 6.37. The number of hydrogen-bond acceptors (Lipinski definition) is 2. The number of unbranched alkanes of at least 4 members (excludes halogenated alkanes) is 1. The fourth-order valence-electron chi connectivity index (χ4n) is 1.37. The fraction of sp³-hybridized carbons (Fsp3) is 0.500. The molecule has 1 aromatic carbocycles. The van der Waals surface area contributed by atoms with Crippen molar-refractivity contribution in [3.63, 3.8) is 0 Å². The maximum Gasteiger partial charge on any atom is 0.0178 e. The van der Waals surface area contributed by atoms with Crippen LogP contribution in [0.25, 0.3) is 0 Å². The molecule has 0 heterocycles. The Balaban J connectivity index is 2.67. The first-order valence-electron chi connectivity index (χ1n) is 5.39. The molecule has 1 rings (SSSR count). The van der Waals surface area contributed by atoms with Gasteiger partial charge < -0.3 is 5.73 Å². The summed E-state index contributed by atoms with van der Waals surface area (Å²) in [6.45, 7) is 2.95. The van der Waals surface area contributed by atoms with Gasteiger partial charge in [0.05, 0.1) is 0 Å². The number of nitrogens with two attached hydrogens (primary N) is 1. The van der Waals surface area contributed by atoms with Crippen LogP contribution in [0.1, 0.15) is 25.3 Å². The highest BCUT2D eigenvalue weighted by Crippen LogP contribution is 2.27. The molecular weight excluding hydrogens is 270 g/mol. The molecule has 0 saturated heterocycles. The molecule has 0 amide bonds. The van der Waals surface area contributed by atoms with Crippen LogP contribution in [0.4, 0.5) is 0 Å². The first-order chi connectivity index (χ1) is 7.27. The van der Waals surface area contributed by atoms with Gasteiger partial charge in [-0.2, -0.15) is 0 Å². The van der Waals surface area contributed by atoms with Crippen LogP contribution < -0.4 is 5.73 Å². The second-order valence-corrected chi connectivity index (χ2v) is 5.55. The predicted octanol–water partition coefficient (Wildman–Crippen LogP) is 3.84. The topological polar surface area (TPSA) is 26.0 Å². The van der Waals surface area contributed by atoms with E-state index in [9.17, 15) is 0 Å². The van der Waals surface area contributed by atoms with Gasteiger partial charge in [0.25, 0.3) is 0 Å². The van der Waals surface area contributed by atoms with E-state index in [4.69, 9.17) is 5.73 Å². The number of hydrogen-bond donors (Lipinski definition) is 1. The lowest BCUT2D eigenvalue weighted by Gasteiger charge is -2.08. The molecule has 0 unspecified atom stereocenters. The second-order valence-electron chi connectivity index (χ2n) is 3.49.